The summed E-state index contributed by atoms with van der Waals surface area (Å²) in [6.07, 6.45) is 0. The predicted octanol–water partition coefficient (Wildman–Crippen LogP) is 11.4. The molecular weight excluding hydrogens is 502 g/mol. The van der Waals surface area contributed by atoms with Gasteiger partial charge in [-0.2, -0.15) is 0 Å². The second-order valence-electron chi connectivity index (χ2n) is 10.2. The van der Waals surface area contributed by atoms with Crippen LogP contribution in [-0.4, -0.2) is 0 Å². The van der Waals surface area contributed by atoms with Crippen LogP contribution in [0.5, 0.6) is 0 Å². The summed E-state index contributed by atoms with van der Waals surface area (Å²) in [4.78, 5) is 0. The van der Waals surface area contributed by atoms with Crippen molar-refractivity contribution in [3.05, 3.63) is 146 Å². The first kappa shape index (κ1) is 23.0. The molecule has 0 atom stereocenters. The molecule has 1 aromatic heterocycles. The number of anilines is 2. The normalized spacial score (nSPS) is 11.5. The fraction of sp³-hybridized carbons (Fsp3) is 0. The molecule has 0 amide bonds. The fourth-order valence-electron chi connectivity index (χ4n) is 5.94. The zero-order chi connectivity index (χ0) is 26.5. The first-order valence-corrected chi connectivity index (χ1v) is 14.4. The van der Waals surface area contributed by atoms with Crippen molar-refractivity contribution < 1.29 is 0 Å². The topological polar surface area (TPSA) is 12.0 Å². The van der Waals surface area contributed by atoms with E-state index in [2.05, 4.69) is 151 Å². The van der Waals surface area contributed by atoms with Crippen LogP contribution >= 0.6 is 11.3 Å². The Balaban J connectivity index is 1.11. The molecule has 0 bridgehead atoms. The van der Waals surface area contributed by atoms with Crippen molar-refractivity contribution in [2.45, 2.75) is 0 Å². The van der Waals surface area contributed by atoms with E-state index in [0.29, 0.717) is 0 Å². The Kier molecular flexibility index (Phi) is 5.39. The highest BCUT2D eigenvalue weighted by Crippen LogP contribution is 2.42. The molecule has 0 aliphatic heterocycles. The van der Waals surface area contributed by atoms with E-state index in [-0.39, 0.29) is 0 Å². The van der Waals surface area contributed by atoms with E-state index in [1.54, 1.807) is 0 Å². The highest BCUT2D eigenvalue weighted by Gasteiger charge is 2.13. The van der Waals surface area contributed by atoms with Crippen molar-refractivity contribution in [2.75, 3.05) is 5.32 Å². The molecule has 0 radical (unpaired) electrons. The second-order valence-corrected chi connectivity index (χ2v) is 11.3. The summed E-state index contributed by atoms with van der Waals surface area (Å²) in [5.41, 5.74) is 7.15. The molecule has 2 heteroatoms. The number of hydrogen-bond donors (Lipinski definition) is 1. The minimum atomic E-state index is 1.08. The summed E-state index contributed by atoms with van der Waals surface area (Å²) >= 11 is 1.88. The molecule has 1 nitrogen and oxygen atoms in total. The quantitative estimate of drug-likeness (QED) is 0.240. The number of fused-ring (bicyclic) bond motifs is 6. The highest BCUT2D eigenvalue weighted by molar-refractivity contribution is 7.26. The minimum Gasteiger partial charge on any atom is -0.356 e. The van der Waals surface area contributed by atoms with Gasteiger partial charge in [0.2, 0.25) is 0 Å². The number of thiophene rings is 1. The van der Waals surface area contributed by atoms with Crippen molar-refractivity contribution >= 4 is 64.4 Å². The Hall–Kier alpha value is -4.92. The van der Waals surface area contributed by atoms with Gasteiger partial charge in [0.15, 0.2) is 0 Å². The number of rotatable bonds is 4. The molecule has 8 aromatic rings. The van der Waals surface area contributed by atoms with E-state index in [4.69, 9.17) is 0 Å². The molecule has 0 fully saturated rings. The summed E-state index contributed by atoms with van der Waals surface area (Å²) in [6.45, 7) is 0. The summed E-state index contributed by atoms with van der Waals surface area (Å²) < 4.78 is 2.68. The lowest BCUT2D eigenvalue weighted by Crippen LogP contribution is -1.91. The Morgan fingerprint density at radius 3 is 1.73 bits per heavy atom. The lowest BCUT2D eigenvalue weighted by Gasteiger charge is -2.12. The van der Waals surface area contributed by atoms with Gasteiger partial charge in [-0.25, -0.2) is 0 Å². The standard InChI is InChI=1S/C38H25NS/c1-2-10-30-25(8-1)9-7-14-31(30)26-16-20-28(21-17-26)39-29-22-18-27(19-23-29)35-24-37-38(33-12-4-3-11-32(33)35)34-13-5-6-15-36(34)40-37/h1-24,39H. The highest BCUT2D eigenvalue weighted by atomic mass is 32.1. The largest absolute Gasteiger partial charge is 0.356 e. The summed E-state index contributed by atoms with van der Waals surface area (Å²) in [7, 11) is 0. The maximum atomic E-state index is 3.59. The van der Waals surface area contributed by atoms with E-state index in [9.17, 15) is 0 Å². The SMILES string of the molecule is c1ccc2c(-c3ccc(Nc4ccc(-c5cc6sc7ccccc7c6c6ccccc56)cc4)cc3)cccc2c1. The molecule has 0 spiro atoms. The summed E-state index contributed by atoms with van der Waals surface area (Å²) in [6, 6.07) is 52.5. The van der Waals surface area contributed by atoms with Crippen LogP contribution in [0.2, 0.25) is 0 Å². The monoisotopic (exact) mass is 527 g/mol. The van der Waals surface area contributed by atoms with Gasteiger partial charge >= 0.3 is 0 Å². The van der Waals surface area contributed by atoms with Crippen molar-refractivity contribution in [2.24, 2.45) is 0 Å². The average Bonchev–Trinajstić information content (AvgIpc) is 3.40. The van der Waals surface area contributed by atoms with E-state index in [0.717, 1.165) is 11.4 Å². The molecule has 188 valence electrons. The van der Waals surface area contributed by atoms with Crippen molar-refractivity contribution in [1.82, 2.24) is 0 Å². The van der Waals surface area contributed by atoms with Crippen LogP contribution in [0.1, 0.15) is 0 Å². The molecule has 40 heavy (non-hydrogen) atoms. The van der Waals surface area contributed by atoms with Crippen molar-refractivity contribution in [1.29, 1.82) is 0 Å². The lowest BCUT2D eigenvalue weighted by molar-refractivity contribution is 1.54. The van der Waals surface area contributed by atoms with Gasteiger partial charge in [-0.1, -0.05) is 109 Å². The third kappa shape index (κ3) is 3.85. The smallest absolute Gasteiger partial charge is 0.0384 e. The molecule has 8 rings (SSSR count). The molecule has 0 saturated carbocycles. The maximum Gasteiger partial charge on any atom is 0.0384 e. The molecule has 1 N–H and O–H groups in total. The van der Waals surface area contributed by atoms with Gasteiger partial charge in [0.1, 0.15) is 0 Å². The molecule has 0 saturated heterocycles. The van der Waals surface area contributed by atoms with Crippen LogP contribution in [0.3, 0.4) is 0 Å². The third-order valence-electron chi connectivity index (χ3n) is 7.85. The number of benzene rings is 7. The number of nitrogens with one attached hydrogen (secondary N) is 1. The van der Waals surface area contributed by atoms with Gasteiger partial charge in [0.25, 0.3) is 0 Å². The van der Waals surface area contributed by atoms with Gasteiger partial charge in [0, 0.05) is 31.5 Å². The van der Waals surface area contributed by atoms with Crippen molar-refractivity contribution in [3.63, 3.8) is 0 Å². The third-order valence-corrected chi connectivity index (χ3v) is 8.97. The van der Waals surface area contributed by atoms with Crippen LogP contribution in [0.15, 0.2) is 146 Å². The number of hydrogen-bond acceptors (Lipinski definition) is 2. The van der Waals surface area contributed by atoms with Crippen molar-refractivity contribution in [3.8, 4) is 22.3 Å². The van der Waals surface area contributed by atoms with Gasteiger partial charge in [-0.05, 0) is 80.2 Å². The van der Waals surface area contributed by atoms with Gasteiger partial charge in [-0.3, -0.25) is 0 Å². The Morgan fingerprint density at radius 1 is 0.400 bits per heavy atom. The van der Waals surface area contributed by atoms with E-state index < -0.39 is 0 Å². The summed E-state index contributed by atoms with van der Waals surface area (Å²) in [5, 5.41) is 11.5. The first-order valence-electron chi connectivity index (χ1n) is 13.6. The Labute approximate surface area is 237 Å². The fourth-order valence-corrected chi connectivity index (χ4v) is 7.10. The van der Waals surface area contributed by atoms with E-state index in [1.807, 2.05) is 11.3 Å². The molecule has 0 aliphatic carbocycles. The van der Waals surface area contributed by atoms with E-state index in [1.165, 1.54) is 64.0 Å². The van der Waals surface area contributed by atoms with Crippen LogP contribution < -0.4 is 5.32 Å². The second kappa shape index (κ2) is 9.37. The zero-order valence-electron chi connectivity index (χ0n) is 21.8. The van der Waals surface area contributed by atoms with Crippen LogP contribution in [0, 0.1) is 0 Å². The van der Waals surface area contributed by atoms with Gasteiger partial charge in [-0.15, -0.1) is 11.3 Å². The van der Waals surface area contributed by atoms with Gasteiger partial charge < -0.3 is 5.32 Å². The van der Waals surface area contributed by atoms with Crippen LogP contribution in [0.25, 0.3) is 64.0 Å². The molecule has 0 aliphatic rings. The molecule has 0 unspecified atom stereocenters. The molecule has 1 heterocycles. The lowest BCUT2D eigenvalue weighted by atomic mass is 9.95. The minimum absolute atomic E-state index is 1.08. The molecular formula is C38H25NS. The summed E-state index contributed by atoms with van der Waals surface area (Å²) in [5.74, 6) is 0. The Bertz CT molecular complexity index is 2160. The Morgan fingerprint density at radius 2 is 0.975 bits per heavy atom. The maximum absolute atomic E-state index is 3.59. The van der Waals surface area contributed by atoms with Gasteiger partial charge in [0.05, 0.1) is 0 Å². The zero-order valence-corrected chi connectivity index (χ0v) is 22.6. The first-order chi connectivity index (χ1) is 19.8. The average molecular weight is 528 g/mol. The van der Waals surface area contributed by atoms with E-state index >= 15 is 0 Å². The van der Waals surface area contributed by atoms with Crippen LogP contribution in [-0.2, 0) is 0 Å². The predicted molar refractivity (Wildman–Crippen MR) is 175 cm³/mol. The molecule has 7 aromatic carbocycles. The van der Waals surface area contributed by atoms with Crippen LogP contribution in [0.4, 0.5) is 11.4 Å².